The van der Waals surface area contributed by atoms with Crippen LogP contribution in [0, 0.1) is 0 Å². The first kappa shape index (κ1) is 25.9. The Morgan fingerprint density at radius 1 is 0.793 bits per heavy atom. The van der Waals surface area contributed by atoms with E-state index in [0.717, 1.165) is 0 Å². The van der Waals surface area contributed by atoms with E-state index >= 15 is 0 Å². The van der Waals surface area contributed by atoms with Gasteiger partial charge in [-0.1, -0.05) is 0 Å². The monoisotopic (exact) mass is 544 g/mol. The second-order valence-electron chi connectivity index (χ2n) is 5.26. The lowest BCUT2D eigenvalue weighted by Gasteiger charge is -2.11. The van der Waals surface area contributed by atoms with E-state index in [0.29, 0.717) is 52.0 Å². The van der Waals surface area contributed by atoms with E-state index in [1.807, 2.05) is 21.2 Å². The molecule has 1 aromatic rings. The summed E-state index contributed by atoms with van der Waals surface area (Å²) in [7, 11) is 3.75. The molecule has 29 heavy (non-hydrogen) atoms. The van der Waals surface area contributed by atoms with Crippen LogP contribution < -0.4 is 4.74 Å². The number of benzene rings is 1. The number of halogens is 1. The summed E-state index contributed by atoms with van der Waals surface area (Å²) in [6, 6.07) is 4.47. The number of hydrogen-bond acceptors (Lipinski definition) is 10. The smallest absolute Gasteiger partial charge is 0.338 e. The minimum atomic E-state index is -0.648. The van der Waals surface area contributed by atoms with E-state index in [1.54, 1.807) is 6.07 Å². The minimum absolute atomic E-state index is 0.0769. The van der Waals surface area contributed by atoms with Crippen molar-refractivity contribution in [2.24, 2.45) is 0 Å². The number of carbonyl (C=O) groups is 2. The van der Waals surface area contributed by atoms with Crippen molar-refractivity contribution in [2.75, 3.05) is 67.1 Å². The third-order valence-corrected chi connectivity index (χ3v) is 4.42. The van der Waals surface area contributed by atoms with Gasteiger partial charge in [0.1, 0.15) is 12.4 Å². The molecule has 0 saturated heterocycles. The van der Waals surface area contributed by atoms with Gasteiger partial charge in [-0.2, -0.15) is 0 Å². The van der Waals surface area contributed by atoms with Gasteiger partial charge in [0.05, 0.1) is 80.8 Å². The molecular weight excluding hydrogens is 519 g/mol. The van der Waals surface area contributed by atoms with Crippen molar-refractivity contribution < 1.29 is 42.2 Å². The van der Waals surface area contributed by atoms with E-state index in [2.05, 4.69) is 4.74 Å². The van der Waals surface area contributed by atoms with E-state index in [9.17, 15) is 9.59 Å². The van der Waals surface area contributed by atoms with E-state index in [1.165, 1.54) is 35.6 Å². The second-order valence-corrected chi connectivity index (χ2v) is 6.70. The van der Waals surface area contributed by atoms with Crippen molar-refractivity contribution >= 4 is 42.4 Å². The first-order valence-electron chi connectivity index (χ1n) is 8.71. The molecule has 0 bridgehead atoms. The van der Waals surface area contributed by atoms with Crippen LogP contribution in [0.4, 0.5) is 0 Å². The van der Waals surface area contributed by atoms with Gasteiger partial charge < -0.3 is 32.6 Å². The van der Waals surface area contributed by atoms with Crippen molar-refractivity contribution in [1.82, 2.24) is 0 Å². The second kappa shape index (κ2) is 16.7. The fourth-order valence-electron chi connectivity index (χ4n) is 2.06. The first-order valence-corrected chi connectivity index (χ1v) is 12.0. The van der Waals surface area contributed by atoms with Crippen molar-refractivity contribution in [3.05, 3.63) is 29.3 Å². The molecular formula is C18H25IO9S. The van der Waals surface area contributed by atoms with Crippen LogP contribution >= 0.6 is 30.4 Å². The van der Waals surface area contributed by atoms with Crippen LogP contribution in [0.2, 0.25) is 0 Å². The number of hydrogen-bond donors (Lipinski definition) is 0. The van der Waals surface area contributed by atoms with Gasteiger partial charge in [0.25, 0.3) is 0 Å². The quantitative estimate of drug-likeness (QED) is 0.134. The summed E-state index contributed by atoms with van der Waals surface area (Å²) < 4.78 is 36.0. The molecule has 0 aliphatic heterocycles. The van der Waals surface area contributed by atoms with E-state index in [4.69, 9.17) is 27.9 Å². The van der Waals surface area contributed by atoms with Gasteiger partial charge in [-0.05, 0) is 18.2 Å². The van der Waals surface area contributed by atoms with Gasteiger partial charge in [-0.25, -0.2) is 9.59 Å². The average Bonchev–Trinajstić information content (AvgIpc) is 2.75. The Hall–Kier alpha value is -1.12. The number of rotatable bonds is 16. The Balaban J connectivity index is 2.20. The molecule has 0 fully saturated rings. The minimum Gasteiger partial charge on any atom is -0.491 e. The standard InChI is InChI=1S/C18H25IO9S/c1-22-17(20)15-4-3-14(13-16(15)18(21)23-2)27-11-9-25-7-5-24-6-8-26-10-12-28-29-19/h3-4,13H,5-12H2,1-2H3. The maximum atomic E-state index is 11.9. The molecule has 0 aliphatic carbocycles. The van der Waals surface area contributed by atoms with E-state index < -0.39 is 11.9 Å². The number of ether oxygens (including phenoxy) is 6. The lowest BCUT2D eigenvalue weighted by Crippen LogP contribution is -2.14. The highest BCUT2D eigenvalue weighted by molar-refractivity contribution is 14.2. The van der Waals surface area contributed by atoms with Crippen LogP contribution in [0.25, 0.3) is 0 Å². The third kappa shape index (κ3) is 11.0. The third-order valence-electron chi connectivity index (χ3n) is 3.40. The molecule has 1 aromatic carbocycles. The topological polar surface area (TPSA) is 98.8 Å². The molecule has 0 spiro atoms. The van der Waals surface area contributed by atoms with Gasteiger partial charge in [-0.3, -0.25) is 0 Å². The predicted octanol–water partition coefficient (Wildman–Crippen LogP) is 2.70. The molecule has 0 N–H and O–H groups in total. The van der Waals surface area contributed by atoms with Gasteiger partial charge >= 0.3 is 11.9 Å². The maximum Gasteiger partial charge on any atom is 0.338 e. The number of carbonyl (C=O) groups excluding carboxylic acids is 2. The van der Waals surface area contributed by atoms with Crippen LogP contribution in [-0.2, 0) is 27.9 Å². The van der Waals surface area contributed by atoms with Crippen LogP contribution in [0.3, 0.4) is 0 Å². The van der Waals surface area contributed by atoms with Crippen molar-refractivity contribution in [3.63, 3.8) is 0 Å². The zero-order chi connectivity index (χ0) is 21.3. The Kier molecular flexibility index (Phi) is 14.9. The van der Waals surface area contributed by atoms with Crippen LogP contribution in [0.1, 0.15) is 20.7 Å². The summed E-state index contributed by atoms with van der Waals surface area (Å²) in [6.45, 7) is 3.56. The summed E-state index contributed by atoms with van der Waals surface area (Å²) in [4.78, 5) is 23.6. The van der Waals surface area contributed by atoms with Crippen molar-refractivity contribution in [2.45, 2.75) is 0 Å². The van der Waals surface area contributed by atoms with Crippen LogP contribution in [0.5, 0.6) is 5.75 Å². The fourth-order valence-corrected chi connectivity index (χ4v) is 2.74. The molecule has 164 valence electrons. The summed E-state index contributed by atoms with van der Waals surface area (Å²) in [6.07, 6.45) is 0. The Labute approximate surface area is 186 Å². The lowest BCUT2D eigenvalue weighted by molar-refractivity contribution is 0.00593. The largest absolute Gasteiger partial charge is 0.491 e. The fraction of sp³-hybridized carbons (Fsp3) is 0.556. The molecule has 0 aliphatic rings. The highest BCUT2D eigenvalue weighted by atomic mass is 127. The molecule has 0 heterocycles. The summed E-state index contributed by atoms with van der Waals surface area (Å²) in [5.74, 6) is -0.858. The first-order chi connectivity index (χ1) is 14.1. The summed E-state index contributed by atoms with van der Waals surface area (Å²) >= 11 is 2.05. The van der Waals surface area contributed by atoms with Crippen LogP contribution in [-0.4, -0.2) is 79.0 Å². The SMILES string of the molecule is COC(=O)c1ccc(OCCOCCOCCOCCOSI)cc1C(=O)OC. The molecule has 11 heteroatoms. The predicted molar refractivity (Wildman–Crippen MR) is 115 cm³/mol. The summed E-state index contributed by atoms with van der Waals surface area (Å²) in [5, 5.41) is 0. The number of methoxy groups -OCH3 is 2. The van der Waals surface area contributed by atoms with Crippen LogP contribution in [0.15, 0.2) is 18.2 Å². The molecule has 0 amide bonds. The van der Waals surface area contributed by atoms with Gasteiger partial charge in [-0.15, -0.1) is 0 Å². The zero-order valence-corrected chi connectivity index (χ0v) is 19.3. The lowest BCUT2D eigenvalue weighted by atomic mass is 10.1. The molecule has 1 rings (SSSR count). The summed E-state index contributed by atoms with van der Waals surface area (Å²) in [5.41, 5.74) is 0.188. The van der Waals surface area contributed by atoms with Gasteiger partial charge in [0.15, 0.2) is 0 Å². The Morgan fingerprint density at radius 3 is 1.86 bits per heavy atom. The molecule has 0 aromatic heterocycles. The Morgan fingerprint density at radius 2 is 1.31 bits per heavy atom. The van der Waals surface area contributed by atoms with E-state index in [-0.39, 0.29) is 17.7 Å². The zero-order valence-electron chi connectivity index (χ0n) is 16.3. The molecule has 9 nitrogen and oxygen atoms in total. The maximum absolute atomic E-state index is 11.9. The van der Waals surface area contributed by atoms with Crippen molar-refractivity contribution in [1.29, 1.82) is 0 Å². The molecule has 0 atom stereocenters. The molecule has 0 unspecified atom stereocenters. The Bertz CT molecular complexity index is 615. The highest BCUT2D eigenvalue weighted by Crippen LogP contribution is 2.20. The highest BCUT2D eigenvalue weighted by Gasteiger charge is 2.19. The normalized spacial score (nSPS) is 10.6. The molecule has 0 saturated carbocycles. The average molecular weight is 544 g/mol. The molecule has 0 radical (unpaired) electrons. The van der Waals surface area contributed by atoms with Gasteiger partial charge in [0, 0.05) is 21.2 Å². The number of esters is 2. The van der Waals surface area contributed by atoms with Gasteiger partial charge in [0.2, 0.25) is 0 Å². The van der Waals surface area contributed by atoms with Crippen molar-refractivity contribution in [3.8, 4) is 5.75 Å².